The Morgan fingerprint density at radius 3 is 2.48 bits per heavy atom. The summed E-state index contributed by atoms with van der Waals surface area (Å²) in [4.78, 5) is 34.8. The molecule has 2 N–H and O–H groups in total. The molecular weight excluding hydrogens is 296 g/mol. The fourth-order valence-electron chi connectivity index (χ4n) is 2.19. The van der Waals surface area contributed by atoms with Crippen LogP contribution in [-0.2, 0) is 24.5 Å². The van der Waals surface area contributed by atoms with Crippen LogP contribution in [0.1, 0.15) is 37.5 Å². The fourth-order valence-corrected chi connectivity index (χ4v) is 3.14. The molecule has 1 atom stereocenters. The van der Waals surface area contributed by atoms with Crippen molar-refractivity contribution in [2.45, 2.75) is 38.0 Å². The van der Waals surface area contributed by atoms with Crippen molar-refractivity contribution in [3.8, 4) is 0 Å². The number of carbonyl (C=O) groups is 3. The summed E-state index contributed by atoms with van der Waals surface area (Å²) in [6.45, 7) is 1.79. The summed E-state index contributed by atoms with van der Waals surface area (Å²) in [5, 5.41) is 19.6. The lowest BCUT2D eigenvalue weighted by Crippen LogP contribution is -2.39. The second-order valence-electron chi connectivity index (χ2n) is 4.60. The standard InChI is InChI=1S/C14H18O6S/c1-2-20-13(19)14(9-12(17)18,7-3-6-11(15)16)10-5-4-8-21-10/h4-5,8H,2-3,6-7,9H2,1H3,(H,15,16)(H,17,18). The zero-order valence-corrected chi connectivity index (χ0v) is 12.5. The molecule has 1 unspecified atom stereocenters. The molecule has 1 rings (SSSR count). The second kappa shape index (κ2) is 7.78. The summed E-state index contributed by atoms with van der Waals surface area (Å²) in [6, 6.07) is 3.41. The molecule has 116 valence electrons. The number of ether oxygens (including phenoxy) is 1. The number of carboxylic acid groups (broad SMARTS) is 2. The van der Waals surface area contributed by atoms with Crippen molar-refractivity contribution in [2.75, 3.05) is 6.61 Å². The van der Waals surface area contributed by atoms with E-state index in [0.717, 1.165) is 0 Å². The van der Waals surface area contributed by atoms with Gasteiger partial charge in [0.2, 0.25) is 0 Å². The van der Waals surface area contributed by atoms with Crippen molar-refractivity contribution >= 4 is 29.2 Å². The molecule has 0 aliphatic carbocycles. The van der Waals surface area contributed by atoms with E-state index in [9.17, 15) is 14.4 Å². The fraction of sp³-hybridized carbons (Fsp3) is 0.500. The predicted octanol–water partition coefficient (Wildman–Crippen LogP) is 2.28. The topological polar surface area (TPSA) is 101 Å². The summed E-state index contributed by atoms with van der Waals surface area (Å²) >= 11 is 1.27. The van der Waals surface area contributed by atoms with Gasteiger partial charge in [-0.25, -0.2) is 0 Å². The van der Waals surface area contributed by atoms with E-state index >= 15 is 0 Å². The van der Waals surface area contributed by atoms with Crippen LogP contribution in [0.4, 0.5) is 0 Å². The third kappa shape index (κ3) is 4.56. The molecule has 0 aliphatic heterocycles. The van der Waals surface area contributed by atoms with Crippen LogP contribution in [0.3, 0.4) is 0 Å². The first-order valence-corrected chi connectivity index (χ1v) is 7.45. The van der Waals surface area contributed by atoms with Crippen molar-refractivity contribution in [1.82, 2.24) is 0 Å². The Labute approximate surface area is 126 Å². The van der Waals surface area contributed by atoms with Gasteiger partial charge in [-0.2, -0.15) is 0 Å². The normalized spacial score (nSPS) is 13.4. The first-order chi connectivity index (χ1) is 9.92. The smallest absolute Gasteiger partial charge is 0.317 e. The van der Waals surface area contributed by atoms with Gasteiger partial charge in [-0.1, -0.05) is 6.07 Å². The van der Waals surface area contributed by atoms with Crippen molar-refractivity contribution in [2.24, 2.45) is 0 Å². The van der Waals surface area contributed by atoms with E-state index in [1.165, 1.54) is 11.3 Å². The molecule has 1 heterocycles. The van der Waals surface area contributed by atoms with Gasteiger partial charge in [-0.15, -0.1) is 11.3 Å². The third-order valence-corrected chi connectivity index (χ3v) is 4.18. The molecular formula is C14H18O6S. The summed E-state index contributed by atoms with van der Waals surface area (Å²) in [5.74, 6) is -2.71. The molecule has 0 aromatic carbocycles. The van der Waals surface area contributed by atoms with Crippen LogP contribution in [0, 0.1) is 0 Å². The van der Waals surface area contributed by atoms with Crippen molar-refractivity contribution < 1.29 is 29.3 Å². The highest BCUT2D eigenvalue weighted by molar-refractivity contribution is 7.10. The largest absolute Gasteiger partial charge is 0.481 e. The molecule has 0 fully saturated rings. The maximum Gasteiger partial charge on any atom is 0.317 e. The van der Waals surface area contributed by atoms with Crippen LogP contribution < -0.4 is 0 Å². The average molecular weight is 314 g/mol. The van der Waals surface area contributed by atoms with E-state index in [4.69, 9.17) is 14.9 Å². The van der Waals surface area contributed by atoms with E-state index in [2.05, 4.69) is 0 Å². The predicted molar refractivity (Wildman–Crippen MR) is 76.4 cm³/mol. The van der Waals surface area contributed by atoms with Crippen LogP contribution in [0.2, 0.25) is 0 Å². The highest BCUT2D eigenvalue weighted by Gasteiger charge is 2.44. The lowest BCUT2D eigenvalue weighted by atomic mass is 9.78. The molecule has 1 aromatic heterocycles. The first-order valence-electron chi connectivity index (χ1n) is 6.57. The van der Waals surface area contributed by atoms with E-state index in [1.54, 1.807) is 24.4 Å². The molecule has 0 aliphatic rings. The number of carboxylic acids is 2. The summed E-state index contributed by atoms with van der Waals surface area (Å²) in [7, 11) is 0. The quantitative estimate of drug-likeness (QED) is 0.678. The number of hydrogen-bond donors (Lipinski definition) is 2. The first kappa shape index (κ1) is 17.2. The van der Waals surface area contributed by atoms with Gasteiger partial charge in [0.05, 0.1) is 13.0 Å². The van der Waals surface area contributed by atoms with E-state index in [-0.39, 0.29) is 25.9 Å². The van der Waals surface area contributed by atoms with Gasteiger partial charge in [-0.05, 0) is 31.2 Å². The number of carbonyl (C=O) groups excluding carboxylic acids is 1. The van der Waals surface area contributed by atoms with Crippen molar-refractivity contribution in [1.29, 1.82) is 0 Å². The Bertz CT molecular complexity index is 496. The minimum Gasteiger partial charge on any atom is -0.481 e. The third-order valence-electron chi connectivity index (χ3n) is 3.11. The number of hydrogen-bond acceptors (Lipinski definition) is 5. The van der Waals surface area contributed by atoms with Crippen molar-refractivity contribution in [3.05, 3.63) is 22.4 Å². The number of aliphatic carboxylic acids is 2. The van der Waals surface area contributed by atoms with Crippen LogP contribution in [0.15, 0.2) is 17.5 Å². The monoisotopic (exact) mass is 314 g/mol. The molecule has 0 spiro atoms. The maximum atomic E-state index is 12.3. The van der Waals surface area contributed by atoms with E-state index in [0.29, 0.717) is 4.88 Å². The maximum absolute atomic E-state index is 12.3. The summed E-state index contributed by atoms with van der Waals surface area (Å²) in [6.07, 6.45) is -0.192. The van der Waals surface area contributed by atoms with Crippen LogP contribution in [-0.4, -0.2) is 34.7 Å². The number of thiophene rings is 1. The zero-order chi connectivity index (χ0) is 15.9. The molecule has 0 saturated heterocycles. The average Bonchev–Trinajstić information content (AvgIpc) is 2.91. The van der Waals surface area contributed by atoms with Gasteiger partial charge >= 0.3 is 17.9 Å². The van der Waals surface area contributed by atoms with Gasteiger partial charge in [0.1, 0.15) is 5.41 Å². The summed E-state index contributed by atoms with van der Waals surface area (Å²) < 4.78 is 5.05. The lowest BCUT2D eigenvalue weighted by Gasteiger charge is -2.29. The van der Waals surface area contributed by atoms with Gasteiger partial charge in [-0.3, -0.25) is 14.4 Å². The second-order valence-corrected chi connectivity index (χ2v) is 5.55. The molecule has 21 heavy (non-hydrogen) atoms. The number of esters is 1. The Morgan fingerprint density at radius 2 is 2.00 bits per heavy atom. The summed E-state index contributed by atoms with van der Waals surface area (Å²) in [5.41, 5.74) is -1.31. The Balaban J connectivity index is 3.10. The van der Waals surface area contributed by atoms with Crippen LogP contribution >= 0.6 is 11.3 Å². The van der Waals surface area contributed by atoms with Gasteiger partial charge in [0.15, 0.2) is 0 Å². The van der Waals surface area contributed by atoms with Crippen LogP contribution in [0.25, 0.3) is 0 Å². The zero-order valence-electron chi connectivity index (χ0n) is 11.7. The Morgan fingerprint density at radius 1 is 1.29 bits per heavy atom. The SMILES string of the molecule is CCOC(=O)C(CCCC(=O)O)(CC(=O)O)c1cccs1. The van der Waals surface area contributed by atoms with E-state index in [1.807, 2.05) is 0 Å². The van der Waals surface area contributed by atoms with Gasteiger partial charge < -0.3 is 14.9 Å². The molecule has 1 aromatic rings. The minimum absolute atomic E-state index is 0.119. The Kier molecular flexibility index (Phi) is 6.36. The molecule has 0 radical (unpaired) electrons. The number of rotatable bonds is 9. The van der Waals surface area contributed by atoms with E-state index < -0.39 is 29.7 Å². The van der Waals surface area contributed by atoms with Gasteiger partial charge in [0.25, 0.3) is 0 Å². The molecule has 6 nitrogen and oxygen atoms in total. The molecule has 0 amide bonds. The molecule has 7 heteroatoms. The lowest BCUT2D eigenvalue weighted by molar-refractivity contribution is -0.155. The Hall–Kier alpha value is -1.89. The molecule has 0 saturated carbocycles. The highest BCUT2D eigenvalue weighted by Crippen LogP contribution is 2.38. The minimum atomic E-state index is -1.31. The van der Waals surface area contributed by atoms with Crippen LogP contribution in [0.5, 0.6) is 0 Å². The highest BCUT2D eigenvalue weighted by atomic mass is 32.1. The molecule has 0 bridgehead atoms. The van der Waals surface area contributed by atoms with Crippen molar-refractivity contribution in [3.63, 3.8) is 0 Å². The van der Waals surface area contributed by atoms with Gasteiger partial charge in [0, 0.05) is 11.3 Å².